The van der Waals surface area contributed by atoms with Crippen molar-refractivity contribution >= 4 is 11.3 Å². The maximum Gasteiger partial charge on any atom is 0.138 e. The van der Waals surface area contributed by atoms with E-state index in [2.05, 4.69) is 0 Å². The Morgan fingerprint density at radius 1 is 1.24 bits per heavy atom. The highest BCUT2D eigenvalue weighted by molar-refractivity contribution is 7.15. The van der Waals surface area contributed by atoms with Crippen LogP contribution < -0.4 is 10.5 Å². The van der Waals surface area contributed by atoms with Crippen molar-refractivity contribution in [1.29, 1.82) is 0 Å². The first-order valence-corrected chi connectivity index (χ1v) is 5.79. The molecule has 0 fully saturated rings. The summed E-state index contributed by atoms with van der Waals surface area (Å²) in [5, 5.41) is 0. The molecule has 0 aliphatic rings. The van der Waals surface area contributed by atoms with E-state index in [1.54, 1.807) is 12.1 Å². The Morgan fingerprint density at radius 3 is 2.35 bits per heavy atom. The fourth-order valence-corrected chi connectivity index (χ4v) is 2.46. The van der Waals surface area contributed by atoms with Crippen LogP contribution >= 0.6 is 11.3 Å². The quantitative estimate of drug-likeness (QED) is 0.914. The van der Waals surface area contributed by atoms with Gasteiger partial charge in [0.05, 0.1) is 12.7 Å². The molecular weight excluding hydrogens is 244 g/mol. The predicted molar refractivity (Wildman–Crippen MR) is 64.1 cm³/mol. The van der Waals surface area contributed by atoms with E-state index in [0.717, 1.165) is 4.88 Å². The molecule has 17 heavy (non-hydrogen) atoms. The highest BCUT2D eigenvalue weighted by atomic mass is 32.1. The smallest absolute Gasteiger partial charge is 0.138 e. The molecule has 0 saturated carbocycles. The van der Waals surface area contributed by atoms with Crippen molar-refractivity contribution in [2.24, 2.45) is 5.73 Å². The number of hydrogen-bond donors (Lipinski definition) is 1. The molecule has 0 saturated heterocycles. The number of ether oxygens (including phenoxy) is 1. The van der Waals surface area contributed by atoms with Gasteiger partial charge in [0.25, 0.3) is 0 Å². The predicted octanol–water partition coefficient (Wildman–Crippen LogP) is 3.16. The Kier molecular flexibility index (Phi) is 3.40. The molecule has 1 aromatic heterocycles. The number of rotatable bonds is 3. The van der Waals surface area contributed by atoms with Crippen molar-refractivity contribution in [1.82, 2.24) is 0 Å². The largest absolute Gasteiger partial charge is 0.497 e. The van der Waals surface area contributed by atoms with E-state index in [4.69, 9.17) is 10.5 Å². The molecule has 0 bridgehead atoms. The van der Waals surface area contributed by atoms with Crippen LogP contribution in [0.15, 0.2) is 24.3 Å². The van der Waals surface area contributed by atoms with E-state index in [9.17, 15) is 8.78 Å². The number of thiophene rings is 1. The summed E-state index contributed by atoms with van der Waals surface area (Å²) in [7, 11) is 1.37. The summed E-state index contributed by atoms with van der Waals surface area (Å²) in [5.74, 6) is -1.10. The summed E-state index contributed by atoms with van der Waals surface area (Å²) in [5.41, 5.74) is 5.43. The Bertz CT molecular complexity index is 516. The SMILES string of the molecule is COc1cc(F)c(-c2ccc(CN)s2)c(F)c1. The lowest BCUT2D eigenvalue weighted by Crippen LogP contribution is -1.92. The van der Waals surface area contributed by atoms with E-state index in [1.807, 2.05) is 0 Å². The fourth-order valence-electron chi connectivity index (χ4n) is 1.53. The van der Waals surface area contributed by atoms with Gasteiger partial charge in [-0.2, -0.15) is 0 Å². The number of methoxy groups -OCH3 is 1. The molecular formula is C12H11F2NOS. The molecule has 1 aromatic carbocycles. The van der Waals surface area contributed by atoms with Crippen LogP contribution in [0.1, 0.15) is 4.88 Å². The lowest BCUT2D eigenvalue weighted by Gasteiger charge is -2.05. The van der Waals surface area contributed by atoms with Gasteiger partial charge < -0.3 is 10.5 Å². The molecule has 0 radical (unpaired) electrons. The molecule has 1 heterocycles. The van der Waals surface area contributed by atoms with E-state index in [-0.39, 0.29) is 11.3 Å². The average Bonchev–Trinajstić information content (AvgIpc) is 2.76. The fraction of sp³-hybridized carbons (Fsp3) is 0.167. The second kappa shape index (κ2) is 4.81. The first kappa shape index (κ1) is 12.0. The van der Waals surface area contributed by atoms with E-state index < -0.39 is 11.6 Å². The molecule has 0 amide bonds. The third-order valence-corrected chi connectivity index (χ3v) is 3.49. The Labute approximate surface area is 102 Å². The molecule has 2 nitrogen and oxygen atoms in total. The number of benzene rings is 1. The zero-order chi connectivity index (χ0) is 12.4. The lowest BCUT2D eigenvalue weighted by atomic mass is 10.1. The Hall–Kier alpha value is -1.46. The van der Waals surface area contributed by atoms with Crippen LogP contribution in [0.4, 0.5) is 8.78 Å². The van der Waals surface area contributed by atoms with Gasteiger partial charge >= 0.3 is 0 Å². The van der Waals surface area contributed by atoms with Gasteiger partial charge in [-0.1, -0.05) is 0 Å². The van der Waals surface area contributed by atoms with E-state index in [0.29, 0.717) is 11.4 Å². The zero-order valence-corrected chi connectivity index (χ0v) is 9.98. The average molecular weight is 255 g/mol. The van der Waals surface area contributed by atoms with Crippen molar-refractivity contribution in [2.45, 2.75) is 6.54 Å². The molecule has 5 heteroatoms. The Morgan fingerprint density at radius 2 is 1.88 bits per heavy atom. The maximum absolute atomic E-state index is 13.8. The highest BCUT2D eigenvalue weighted by Crippen LogP contribution is 2.34. The van der Waals surface area contributed by atoms with Crippen molar-refractivity contribution in [2.75, 3.05) is 7.11 Å². The first-order chi connectivity index (χ1) is 8.15. The van der Waals surface area contributed by atoms with Crippen molar-refractivity contribution in [3.8, 4) is 16.2 Å². The van der Waals surface area contributed by atoms with Crippen LogP contribution in [0, 0.1) is 11.6 Å². The van der Waals surface area contributed by atoms with Gasteiger partial charge in [0.15, 0.2) is 0 Å². The molecule has 0 spiro atoms. The lowest BCUT2D eigenvalue weighted by molar-refractivity contribution is 0.407. The van der Waals surface area contributed by atoms with Crippen LogP contribution in [-0.2, 0) is 6.54 Å². The molecule has 0 aliphatic heterocycles. The molecule has 0 aliphatic carbocycles. The summed E-state index contributed by atoms with van der Waals surface area (Å²) in [6.07, 6.45) is 0. The first-order valence-electron chi connectivity index (χ1n) is 4.98. The van der Waals surface area contributed by atoms with Crippen LogP contribution in [0.5, 0.6) is 5.75 Å². The van der Waals surface area contributed by atoms with Gasteiger partial charge in [0, 0.05) is 28.4 Å². The normalized spacial score (nSPS) is 10.6. The molecule has 0 atom stereocenters. The molecule has 0 unspecified atom stereocenters. The number of halogens is 2. The van der Waals surface area contributed by atoms with Gasteiger partial charge in [-0.05, 0) is 12.1 Å². The minimum absolute atomic E-state index is 0.0319. The van der Waals surface area contributed by atoms with Crippen molar-refractivity contribution in [3.05, 3.63) is 40.8 Å². The van der Waals surface area contributed by atoms with Crippen molar-refractivity contribution < 1.29 is 13.5 Å². The summed E-state index contributed by atoms with van der Waals surface area (Å²) in [4.78, 5) is 1.41. The summed E-state index contributed by atoms with van der Waals surface area (Å²) < 4.78 is 32.3. The van der Waals surface area contributed by atoms with Crippen LogP contribution in [0.2, 0.25) is 0 Å². The third-order valence-electron chi connectivity index (χ3n) is 2.36. The second-order valence-corrected chi connectivity index (χ2v) is 4.60. The van der Waals surface area contributed by atoms with Crippen LogP contribution in [0.3, 0.4) is 0 Å². The Balaban J connectivity index is 2.51. The summed E-state index contributed by atoms with van der Waals surface area (Å²) in [6, 6.07) is 5.77. The minimum atomic E-state index is -0.632. The third kappa shape index (κ3) is 2.30. The van der Waals surface area contributed by atoms with E-state index >= 15 is 0 Å². The van der Waals surface area contributed by atoms with Gasteiger partial charge in [-0.15, -0.1) is 11.3 Å². The summed E-state index contributed by atoms with van der Waals surface area (Å²) in [6.45, 7) is 0.365. The standard InChI is InChI=1S/C12H11F2NOS/c1-16-7-4-9(13)12(10(14)5-7)11-3-2-8(6-15)17-11/h2-5H,6,15H2,1H3. The van der Waals surface area contributed by atoms with Gasteiger partial charge in [-0.25, -0.2) is 8.78 Å². The number of hydrogen-bond acceptors (Lipinski definition) is 3. The van der Waals surface area contributed by atoms with Crippen molar-refractivity contribution in [3.63, 3.8) is 0 Å². The second-order valence-electron chi connectivity index (χ2n) is 3.44. The molecule has 2 aromatic rings. The van der Waals surface area contributed by atoms with E-state index in [1.165, 1.54) is 30.6 Å². The topological polar surface area (TPSA) is 35.2 Å². The minimum Gasteiger partial charge on any atom is -0.497 e. The zero-order valence-electron chi connectivity index (χ0n) is 9.17. The molecule has 2 N–H and O–H groups in total. The highest BCUT2D eigenvalue weighted by Gasteiger charge is 2.15. The van der Waals surface area contributed by atoms with Crippen LogP contribution in [-0.4, -0.2) is 7.11 Å². The maximum atomic E-state index is 13.8. The monoisotopic (exact) mass is 255 g/mol. The molecule has 2 rings (SSSR count). The van der Waals surface area contributed by atoms with Gasteiger partial charge in [0.1, 0.15) is 17.4 Å². The number of nitrogens with two attached hydrogens (primary N) is 1. The molecule has 90 valence electrons. The van der Waals surface area contributed by atoms with Crippen LogP contribution in [0.25, 0.3) is 10.4 Å². The van der Waals surface area contributed by atoms with Gasteiger partial charge in [0.2, 0.25) is 0 Å². The summed E-state index contributed by atoms with van der Waals surface area (Å²) >= 11 is 1.28. The van der Waals surface area contributed by atoms with Gasteiger partial charge in [-0.3, -0.25) is 0 Å².